The molecule has 2 rings (SSSR count). The van der Waals surface area contributed by atoms with Crippen LogP contribution in [0.1, 0.15) is 11.1 Å². The zero-order valence-electron chi connectivity index (χ0n) is 12.4. The summed E-state index contributed by atoms with van der Waals surface area (Å²) in [5.41, 5.74) is 2.15. The van der Waals surface area contributed by atoms with E-state index >= 15 is 0 Å². The van der Waals surface area contributed by atoms with Crippen LogP contribution in [0.25, 0.3) is 0 Å². The van der Waals surface area contributed by atoms with Gasteiger partial charge < -0.3 is 10.2 Å². The molecule has 1 amide bonds. The van der Waals surface area contributed by atoms with E-state index in [1.165, 1.54) is 0 Å². The van der Waals surface area contributed by atoms with Crippen molar-refractivity contribution in [2.24, 2.45) is 0 Å². The minimum atomic E-state index is 0.0291. The lowest BCUT2D eigenvalue weighted by Gasteiger charge is -2.14. The van der Waals surface area contributed by atoms with E-state index in [4.69, 9.17) is 23.2 Å². The minimum absolute atomic E-state index is 0.0291. The lowest BCUT2D eigenvalue weighted by molar-refractivity contribution is -0.885. The van der Waals surface area contributed by atoms with Crippen LogP contribution in [0.4, 0.5) is 0 Å². The van der Waals surface area contributed by atoms with E-state index in [9.17, 15) is 4.79 Å². The molecule has 22 heavy (non-hydrogen) atoms. The standard InChI is InChI=1S/C17H18Cl2N2O/c1-21(11-14-7-8-15(18)16(19)9-14)12-17(22)20-10-13-5-3-2-4-6-13/h2-9H,10-12H2,1H3,(H,20,22)/p+1. The van der Waals surface area contributed by atoms with E-state index < -0.39 is 0 Å². The number of halogens is 2. The number of hydrogen-bond acceptors (Lipinski definition) is 1. The van der Waals surface area contributed by atoms with Gasteiger partial charge in [-0.15, -0.1) is 0 Å². The number of quaternary nitrogens is 1. The van der Waals surface area contributed by atoms with Crippen LogP contribution in [0.5, 0.6) is 0 Å². The Bertz CT molecular complexity index is 632. The fraction of sp³-hybridized carbons (Fsp3) is 0.235. The highest BCUT2D eigenvalue weighted by atomic mass is 35.5. The van der Waals surface area contributed by atoms with Crippen molar-refractivity contribution in [3.05, 3.63) is 69.7 Å². The first-order valence-corrected chi connectivity index (χ1v) is 7.86. The molecule has 1 unspecified atom stereocenters. The fourth-order valence-electron chi connectivity index (χ4n) is 2.19. The highest BCUT2D eigenvalue weighted by Crippen LogP contribution is 2.22. The van der Waals surface area contributed by atoms with Crippen LogP contribution >= 0.6 is 23.2 Å². The Morgan fingerprint density at radius 1 is 1.05 bits per heavy atom. The zero-order valence-corrected chi connectivity index (χ0v) is 13.9. The molecule has 0 spiro atoms. The van der Waals surface area contributed by atoms with Crippen molar-refractivity contribution in [3.63, 3.8) is 0 Å². The molecule has 0 heterocycles. The van der Waals surface area contributed by atoms with Crippen molar-refractivity contribution in [3.8, 4) is 0 Å². The Kier molecular flexibility index (Phi) is 6.25. The first-order valence-electron chi connectivity index (χ1n) is 7.10. The van der Waals surface area contributed by atoms with Crippen LogP contribution in [-0.4, -0.2) is 19.5 Å². The summed E-state index contributed by atoms with van der Waals surface area (Å²) in [6.45, 7) is 1.68. The van der Waals surface area contributed by atoms with Crippen LogP contribution in [-0.2, 0) is 17.9 Å². The second kappa shape index (κ2) is 8.18. The monoisotopic (exact) mass is 337 g/mol. The van der Waals surface area contributed by atoms with E-state index in [2.05, 4.69) is 5.32 Å². The number of rotatable bonds is 6. The first-order chi connectivity index (χ1) is 10.5. The summed E-state index contributed by atoms with van der Waals surface area (Å²) in [6, 6.07) is 15.4. The molecule has 2 aromatic rings. The Morgan fingerprint density at radius 3 is 2.45 bits per heavy atom. The number of hydrogen-bond donors (Lipinski definition) is 2. The predicted molar refractivity (Wildman–Crippen MR) is 90.2 cm³/mol. The molecule has 3 nitrogen and oxygen atoms in total. The molecule has 116 valence electrons. The summed E-state index contributed by atoms with van der Waals surface area (Å²) < 4.78 is 0. The summed E-state index contributed by atoms with van der Waals surface area (Å²) in [6.07, 6.45) is 0. The maximum Gasteiger partial charge on any atom is 0.275 e. The van der Waals surface area contributed by atoms with Gasteiger partial charge in [0.1, 0.15) is 6.54 Å². The van der Waals surface area contributed by atoms with Gasteiger partial charge in [0.25, 0.3) is 5.91 Å². The van der Waals surface area contributed by atoms with Crippen LogP contribution in [0.2, 0.25) is 10.0 Å². The Balaban J connectivity index is 1.79. The molecule has 0 bridgehead atoms. The molecule has 0 saturated heterocycles. The van der Waals surface area contributed by atoms with Crippen molar-refractivity contribution >= 4 is 29.1 Å². The molecule has 0 aliphatic carbocycles. The lowest BCUT2D eigenvalue weighted by atomic mass is 10.2. The van der Waals surface area contributed by atoms with Crippen molar-refractivity contribution in [2.45, 2.75) is 13.1 Å². The fourth-order valence-corrected chi connectivity index (χ4v) is 2.51. The van der Waals surface area contributed by atoms with Gasteiger partial charge in [-0.05, 0) is 17.7 Å². The number of amides is 1. The highest BCUT2D eigenvalue weighted by Gasteiger charge is 2.11. The molecule has 0 saturated carbocycles. The lowest BCUT2D eigenvalue weighted by Crippen LogP contribution is -3.08. The maximum absolute atomic E-state index is 12.0. The van der Waals surface area contributed by atoms with E-state index in [0.717, 1.165) is 22.6 Å². The SMILES string of the molecule is C[NH+](CC(=O)NCc1ccccc1)Cc1ccc(Cl)c(Cl)c1. The van der Waals surface area contributed by atoms with Crippen LogP contribution in [0, 0.1) is 0 Å². The molecule has 0 aliphatic rings. The van der Waals surface area contributed by atoms with Gasteiger partial charge in [-0.3, -0.25) is 4.79 Å². The van der Waals surface area contributed by atoms with Crippen molar-refractivity contribution in [1.82, 2.24) is 5.32 Å². The van der Waals surface area contributed by atoms with Crippen molar-refractivity contribution in [2.75, 3.05) is 13.6 Å². The molecule has 5 heteroatoms. The zero-order chi connectivity index (χ0) is 15.9. The van der Waals surface area contributed by atoms with Gasteiger partial charge in [0, 0.05) is 12.1 Å². The van der Waals surface area contributed by atoms with E-state index in [0.29, 0.717) is 23.1 Å². The summed E-state index contributed by atoms with van der Waals surface area (Å²) >= 11 is 11.9. The Labute approximate surface area is 140 Å². The molecular formula is C17H19Cl2N2O+. The number of carbonyl (C=O) groups is 1. The number of carbonyl (C=O) groups excluding carboxylic acids is 1. The van der Waals surface area contributed by atoms with Gasteiger partial charge in [0.05, 0.1) is 17.1 Å². The van der Waals surface area contributed by atoms with Gasteiger partial charge in [-0.2, -0.15) is 0 Å². The number of nitrogens with one attached hydrogen (secondary N) is 2. The number of likely N-dealkylation sites (N-methyl/N-ethyl adjacent to an activating group) is 1. The second-order valence-electron chi connectivity index (χ2n) is 5.32. The average Bonchev–Trinajstić information content (AvgIpc) is 2.50. The second-order valence-corrected chi connectivity index (χ2v) is 6.14. The van der Waals surface area contributed by atoms with Gasteiger partial charge in [0.2, 0.25) is 0 Å². The molecule has 0 aliphatic heterocycles. The van der Waals surface area contributed by atoms with E-state index in [1.54, 1.807) is 6.07 Å². The van der Waals surface area contributed by atoms with E-state index in [1.807, 2.05) is 49.5 Å². The van der Waals surface area contributed by atoms with Gasteiger partial charge >= 0.3 is 0 Å². The van der Waals surface area contributed by atoms with E-state index in [-0.39, 0.29) is 5.91 Å². The third kappa shape index (κ3) is 5.34. The normalized spacial score (nSPS) is 12.0. The minimum Gasteiger partial charge on any atom is -0.347 e. The van der Waals surface area contributed by atoms with Gasteiger partial charge in [-0.1, -0.05) is 59.6 Å². The van der Waals surface area contributed by atoms with Gasteiger partial charge in [0.15, 0.2) is 6.54 Å². The van der Waals surface area contributed by atoms with Crippen LogP contribution in [0.15, 0.2) is 48.5 Å². The predicted octanol–water partition coefficient (Wildman–Crippen LogP) is 2.32. The molecule has 0 radical (unpaired) electrons. The smallest absolute Gasteiger partial charge is 0.275 e. The molecule has 0 aromatic heterocycles. The highest BCUT2D eigenvalue weighted by molar-refractivity contribution is 6.42. The third-order valence-electron chi connectivity index (χ3n) is 3.28. The maximum atomic E-state index is 12.0. The molecular weight excluding hydrogens is 319 g/mol. The summed E-state index contributed by atoms with van der Waals surface area (Å²) in [4.78, 5) is 13.0. The average molecular weight is 338 g/mol. The molecule has 1 atom stereocenters. The third-order valence-corrected chi connectivity index (χ3v) is 4.02. The largest absolute Gasteiger partial charge is 0.347 e. The first kappa shape index (κ1) is 16.8. The molecule has 2 aromatic carbocycles. The van der Waals surface area contributed by atoms with Gasteiger partial charge in [-0.25, -0.2) is 0 Å². The van der Waals surface area contributed by atoms with Crippen LogP contribution < -0.4 is 10.2 Å². The molecule has 2 N–H and O–H groups in total. The summed E-state index contributed by atoms with van der Waals surface area (Å²) in [5, 5.41) is 4.02. The van der Waals surface area contributed by atoms with Crippen molar-refractivity contribution in [1.29, 1.82) is 0 Å². The quantitative estimate of drug-likeness (QED) is 0.833. The Morgan fingerprint density at radius 2 is 1.77 bits per heavy atom. The van der Waals surface area contributed by atoms with Crippen LogP contribution in [0.3, 0.4) is 0 Å². The topological polar surface area (TPSA) is 33.5 Å². The Hall–Kier alpha value is -1.55. The van der Waals surface area contributed by atoms with Crippen molar-refractivity contribution < 1.29 is 9.69 Å². The molecule has 0 fully saturated rings. The summed E-state index contributed by atoms with van der Waals surface area (Å²) in [5.74, 6) is 0.0291. The summed E-state index contributed by atoms with van der Waals surface area (Å²) in [7, 11) is 1.98. The number of benzene rings is 2.